The summed E-state index contributed by atoms with van der Waals surface area (Å²) in [5, 5.41) is 3.36. The average Bonchev–Trinajstić information content (AvgIpc) is 2.51. The summed E-state index contributed by atoms with van der Waals surface area (Å²) in [4.78, 5) is 10.7. The molecule has 104 valence electrons. The number of nitrogens with zero attached hydrogens (tertiary/aromatic N) is 3. The van der Waals surface area contributed by atoms with E-state index >= 15 is 0 Å². The Labute approximate surface area is 118 Å². The van der Waals surface area contributed by atoms with Gasteiger partial charge >= 0.3 is 0 Å². The van der Waals surface area contributed by atoms with Gasteiger partial charge in [-0.05, 0) is 19.1 Å². The number of aromatic nitrogens is 2. The highest BCUT2D eigenvalue weighted by Gasteiger charge is 2.11. The van der Waals surface area contributed by atoms with Crippen LogP contribution in [0.3, 0.4) is 0 Å². The first kappa shape index (κ1) is 12.9. The lowest BCUT2D eigenvalue weighted by Crippen LogP contribution is -2.43. The molecule has 0 amide bonds. The van der Waals surface area contributed by atoms with E-state index in [9.17, 15) is 0 Å². The Balaban J connectivity index is 1.87. The lowest BCUT2D eigenvalue weighted by molar-refractivity contribution is 0.589. The number of hydrogen-bond donors (Lipinski definition) is 2. The highest BCUT2D eigenvalue weighted by atomic mass is 15.2. The second-order valence-corrected chi connectivity index (χ2v) is 5.02. The number of benzene rings is 1. The van der Waals surface area contributed by atoms with Crippen molar-refractivity contribution >= 4 is 11.5 Å². The first-order valence-electron chi connectivity index (χ1n) is 6.89. The fourth-order valence-corrected chi connectivity index (χ4v) is 2.51. The molecule has 5 nitrogen and oxygen atoms in total. The van der Waals surface area contributed by atoms with E-state index < -0.39 is 0 Å². The van der Waals surface area contributed by atoms with Crippen LogP contribution in [0.15, 0.2) is 30.6 Å². The van der Waals surface area contributed by atoms with Crippen LogP contribution in [0.5, 0.6) is 0 Å². The summed E-state index contributed by atoms with van der Waals surface area (Å²) in [6.07, 6.45) is 1.52. The van der Waals surface area contributed by atoms with E-state index in [0.717, 1.165) is 43.0 Å². The Morgan fingerprint density at radius 3 is 2.50 bits per heavy atom. The topological polar surface area (TPSA) is 67.1 Å². The maximum atomic E-state index is 5.84. The molecule has 0 saturated carbocycles. The van der Waals surface area contributed by atoms with E-state index in [1.54, 1.807) is 0 Å². The van der Waals surface area contributed by atoms with Crippen LogP contribution in [-0.2, 0) is 0 Å². The van der Waals surface area contributed by atoms with E-state index in [0.29, 0.717) is 5.82 Å². The Morgan fingerprint density at radius 1 is 1.10 bits per heavy atom. The molecule has 1 saturated heterocycles. The molecule has 3 rings (SSSR count). The van der Waals surface area contributed by atoms with Gasteiger partial charge in [-0.1, -0.05) is 12.1 Å². The Morgan fingerprint density at radius 2 is 1.80 bits per heavy atom. The van der Waals surface area contributed by atoms with Gasteiger partial charge in [-0.15, -0.1) is 0 Å². The summed E-state index contributed by atoms with van der Waals surface area (Å²) < 4.78 is 0. The first-order valence-corrected chi connectivity index (χ1v) is 6.89. The highest BCUT2D eigenvalue weighted by Crippen LogP contribution is 2.25. The van der Waals surface area contributed by atoms with Crippen molar-refractivity contribution in [3.05, 3.63) is 36.2 Å². The van der Waals surface area contributed by atoms with Crippen molar-refractivity contribution in [1.82, 2.24) is 15.3 Å². The molecule has 0 bridgehead atoms. The monoisotopic (exact) mass is 269 g/mol. The second-order valence-electron chi connectivity index (χ2n) is 5.02. The van der Waals surface area contributed by atoms with Crippen LogP contribution in [0.2, 0.25) is 0 Å². The third kappa shape index (κ3) is 2.44. The second kappa shape index (κ2) is 5.46. The third-order valence-corrected chi connectivity index (χ3v) is 3.75. The number of nitrogens with two attached hydrogens (primary N) is 1. The summed E-state index contributed by atoms with van der Waals surface area (Å²) in [7, 11) is 0. The van der Waals surface area contributed by atoms with Gasteiger partial charge in [-0.25, -0.2) is 9.97 Å². The molecule has 2 aromatic rings. The zero-order valence-electron chi connectivity index (χ0n) is 11.6. The van der Waals surface area contributed by atoms with Crippen LogP contribution in [-0.4, -0.2) is 36.1 Å². The molecular weight excluding hydrogens is 250 g/mol. The standard InChI is InChI=1S/C15H19N5/c1-11-14(18-10-19-15(11)16)12-2-4-13(5-3-12)20-8-6-17-7-9-20/h2-5,10,17H,6-9H2,1H3,(H2,16,18,19). The van der Waals surface area contributed by atoms with Gasteiger partial charge in [-0.3, -0.25) is 0 Å². The molecule has 1 aliphatic heterocycles. The predicted molar refractivity (Wildman–Crippen MR) is 81.7 cm³/mol. The summed E-state index contributed by atoms with van der Waals surface area (Å²) in [6.45, 7) is 6.15. The minimum Gasteiger partial charge on any atom is -0.383 e. The Hall–Kier alpha value is -2.14. The van der Waals surface area contributed by atoms with Crippen LogP contribution in [0.25, 0.3) is 11.3 Å². The molecule has 0 atom stereocenters. The zero-order valence-corrected chi connectivity index (χ0v) is 11.6. The molecule has 0 aliphatic carbocycles. The fourth-order valence-electron chi connectivity index (χ4n) is 2.51. The SMILES string of the molecule is Cc1c(N)ncnc1-c1ccc(N2CCNCC2)cc1. The molecule has 0 spiro atoms. The van der Waals surface area contributed by atoms with Crippen molar-refractivity contribution in [1.29, 1.82) is 0 Å². The number of rotatable bonds is 2. The third-order valence-electron chi connectivity index (χ3n) is 3.75. The molecule has 0 unspecified atom stereocenters. The maximum absolute atomic E-state index is 5.84. The predicted octanol–water partition coefficient (Wildman–Crippen LogP) is 1.44. The molecule has 1 fully saturated rings. The number of hydrogen-bond acceptors (Lipinski definition) is 5. The van der Waals surface area contributed by atoms with E-state index in [1.807, 2.05) is 6.92 Å². The van der Waals surface area contributed by atoms with E-state index in [4.69, 9.17) is 5.73 Å². The lowest BCUT2D eigenvalue weighted by Gasteiger charge is -2.29. The number of nitrogens with one attached hydrogen (secondary N) is 1. The van der Waals surface area contributed by atoms with Gasteiger partial charge < -0.3 is 16.0 Å². The summed E-state index contributed by atoms with van der Waals surface area (Å²) in [6, 6.07) is 8.51. The molecular formula is C15H19N5. The minimum atomic E-state index is 0.543. The van der Waals surface area contributed by atoms with Crippen molar-refractivity contribution in [3.63, 3.8) is 0 Å². The van der Waals surface area contributed by atoms with Crippen LogP contribution in [0.4, 0.5) is 11.5 Å². The van der Waals surface area contributed by atoms with Gasteiger partial charge in [0.25, 0.3) is 0 Å². The minimum absolute atomic E-state index is 0.543. The number of anilines is 2. The van der Waals surface area contributed by atoms with E-state index in [-0.39, 0.29) is 0 Å². The van der Waals surface area contributed by atoms with Crippen LogP contribution < -0.4 is 16.0 Å². The maximum Gasteiger partial charge on any atom is 0.130 e. The molecule has 1 aliphatic rings. The molecule has 2 heterocycles. The van der Waals surface area contributed by atoms with Crippen LogP contribution >= 0.6 is 0 Å². The zero-order chi connectivity index (χ0) is 13.9. The average molecular weight is 269 g/mol. The molecule has 20 heavy (non-hydrogen) atoms. The normalized spacial score (nSPS) is 15.3. The summed E-state index contributed by atoms with van der Waals surface area (Å²) >= 11 is 0. The summed E-state index contributed by atoms with van der Waals surface area (Å²) in [5.74, 6) is 0.543. The van der Waals surface area contributed by atoms with Crippen LogP contribution in [0, 0.1) is 6.92 Å². The van der Waals surface area contributed by atoms with Gasteiger partial charge in [0.05, 0.1) is 5.69 Å². The molecule has 1 aromatic heterocycles. The Bertz CT molecular complexity index is 588. The first-order chi connectivity index (χ1) is 9.75. The number of piperazine rings is 1. The Kier molecular flexibility index (Phi) is 3.52. The number of nitrogen functional groups attached to an aromatic ring is 1. The van der Waals surface area contributed by atoms with Crippen LogP contribution in [0.1, 0.15) is 5.56 Å². The van der Waals surface area contributed by atoms with Crippen molar-refractivity contribution < 1.29 is 0 Å². The largest absolute Gasteiger partial charge is 0.383 e. The van der Waals surface area contributed by atoms with Crippen molar-refractivity contribution in [2.45, 2.75) is 6.92 Å². The van der Waals surface area contributed by atoms with Crippen molar-refractivity contribution in [2.24, 2.45) is 0 Å². The molecule has 1 aromatic carbocycles. The van der Waals surface area contributed by atoms with Crippen molar-refractivity contribution in [3.8, 4) is 11.3 Å². The quantitative estimate of drug-likeness (QED) is 0.863. The van der Waals surface area contributed by atoms with Gasteiger partial charge in [0.15, 0.2) is 0 Å². The van der Waals surface area contributed by atoms with E-state index in [1.165, 1.54) is 12.0 Å². The molecule has 5 heteroatoms. The van der Waals surface area contributed by atoms with Crippen molar-refractivity contribution in [2.75, 3.05) is 36.8 Å². The van der Waals surface area contributed by atoms with Gasteiger partial charge in [-0.2, -0.15) is 0 Å². The lowest BCUT2D eigenvalue weighted by atomic mass is 10.1. The highest BCUT2D eigenvalue weighted by molar-refractivity contribution is 5.68. The fraction of sp³-hybridized carbons (Fsp3) is 0.333. The van der Waals surface area contributed by atoms with Gasteiger partial charge in [0, 0.05) is 43.0 Å². The molecule has 3 N–H and O–H groups in total. The smallest absolute Gasteiger partial charge is 0.130 e. The summed E-state index contributed by atoms with van der Waals surface area (Å²) in [5.41, 5.74) is 10.0. The van der Waals surface area contributed by atoms with Gasteiger partial charge in [0.1, 0.15) is 12.1 Å². The van der Waals surface area contributed by atoms with Gasteiger partial charge in [0.2, 0.25) is 0 Å². The molecule has 0 radical (unpaired) electrons. The van der Waals surface area contributed by atoms with E-state index in [2.05, 4.69) is 44.5 Å².